The van der Waals surface area contributed by atoms with Gasteiger partial charge in [-0.2, -0.15) is 0 Å². The van der Waals surface area contributed by atoms with Crippen molar-refractivity contribution in [3.05, 3.63) is 107 Å². The van der Waals surface area contributed by atoms with Crippen LogP contribution < -0.4 is 10.2 Å². The number of aromatic nitrogens is 1. The van der Waals surface area contributed by atoms with E-state index in [0.717, 1.165) is 16.9 Å². The standard InChI is InChI=1S/C24H16BrF2N3OS/c25-18-13-15(27)6-9-17(18)20-10-11-21(31-20)23-22(19-3-1-2-12-28-19)29-24(32)30(23)16-7-4-14(26)5-8-16/h1-13,22-23H,(H,29,32). The lowest BCUT2D eigenvalue weighted by Gasteiger charge is -2.26. The van der Waals surface area contributed by atoms with Gasteiger partial charge in [0.25, 0.3) is 0 Å². The van der Waals surface area contributed by atoms with E-state index in [4.69, 9.17) is 16.6 Å². The number of furan rings is 1. The van der Waals surface area contributed by atoms with Gasteiger partial charge in [-0.25, -0.2) is 8.78 Å². The number of benzene rings is 2. The number of hydrogen-bond donors (Lipinski definition) is 1. The number of anilines is 1. The van der Waals surface area contributed by atoms with Crippen molar-refractivity contribution in [3.8, 4) is 11.3 Å². The number of rotatable bonds is 4. The SMILES string of the molecule is Fc1ccc(N2C(=S)NC(c3ccccn3)C2c2ccc(-c3ccc(F)cc3Br)o2)cc1. The zero-order valence-electron chi connectivity index (χ0n) is 16.5. The van der Waals surface area contributed by atoms with Crippen molar-refractivity contribution in [2.24, 2.45) is 0 Å². The summed E-state index contributed by atoms with van der Waals surface area (Å²) < 4.78 is 34.0. The molecule has 8 heteroatoms. The number of halogens is 3. The van der Waals surface area contributed by atoms with Gasteiger partial charge in [0.15, 0.2) is 5.11 Å². The maximum Gasteiger partial charge on any atom is 0.174 e. The van der Waals surface area contributed by atoms with Gasteiger partial charge in [-0.1, -0.05) is 6.07 Å². The fourth-order valence-electron chi connectivity index (χ4n) is 3.87. The van der Waals surface area contributed by atoms with E-state index >= 15 is 0 Å². The van der Waals surface area contributed by atoms with Crippen molar-refractivity contribution in [3.63, 3.8) is 0 Å². The van der Waals surface area contributed by atoms with Crippen molar-refractivity contribution in [2.75, 3.05) is 4.90 Å². The van der Waals surface area contributed by atoms with Crippen molar-refractivity contribution < 1.29 is 13.2 Å². The molecule has 0 aliphatic carbocycles. The molecule has 3 heterocycles. The Balaban J connectivity index is 1.60. The Kier molecular flexibility index (Phi) is 5.48. The molecule has 1 aliphatic heterocycles. The molecule has 0 radical (unpaired) electrons. The second kappa shape index (κ2) is 8.44. The fourth-order valence-corrected chi connectivity index (χ4v) is 4.76. The summed E-state index contributed by atoms with van der Waals surface area (Å²) in [6, 6.07) is 19.3. The average molecular weight is 512 g/mol. The van der Waals surface area contributed by atoms with Gasteiger partial charge in [0.1, 0.15) is 29.2 Å². The van der Waals surface area contributed by atoms with E-state index in [1.165, 1.54) is 24.3 Å². The maximum absolute atomic E-state index is 13.6. The molecule has 160 valence electrons. The number of thiocarbonyl (C=S) groups is 1. The topological polar surface area (TPSA) is 41.3 Å². The highest BCUT2D eigenvalue weighted by atomic mass is 79.9. The highest BCUT2D eigenvalue weighted by Gasteiger charge is 2.42. The monoisotopic (exact) mass is 511 g/mol. The van der Waals surface area contributed by atoms with Crippen LogP contribution in [-0.2, 0) is 0 Å². The Hall–Kier alpha value is -3.10. The summed E-state index contributed by atoms with van der Waals surface area (Å²) in [4.78, 5) is 6.40. The van der Waals surface area contributed by atoms with Gasteiger partial charge < -0.3 is 14.6 Å². The first-order valence-electron chi connectivity index (χ1n) is 9.82. The normalized spacial score (nSPS) is 18.1. The van der Waals surface area contributed by atoms with Crippen molar-refractivity contribution in [1.82, 2.24) is 10.3 Å². The van der Waals surface area contributed by atoms with Crippen LogP contribution in [-0.4, -0.2) is 10.1 Å². The lowest BCUT2D eigenvalue weighted by Crippen LogP contribution is -2.29. The molecule has 0 amide bonds. The zero-order valence-corrected chi connectivity index (χ0v) is 18.9. The molecule has 2 aromatic carbocycles. The number of nitrogens with zero attached hydrogens (tertiary/aromatic N) is 2. The van der Waals surface area contributed by atoms with Crippen LogP contribution in [0.4, 0.5) is 14.5 Å². The summed E-state index contributed by atoms with van der Waals surface area (Å²) in [6.45, 7) is 0. The summed E-state index contributed by atoms with van der Waals surface area (Å²) in [5.41, 5.74) is 2.26. The molecular formula is C24H16BrF2N3OS. The summed E-state index contributed by atoms with van der Waals surface area (Å²) in [7, 11) is 0. The molecule has 0 bridgehead atoms. The Labute approximate surface area is 197 Å². The van der Waals surface area contributed by atoms with Crippen LogP contribution in [0.25, 0.3) is 11.3 Å². The molecule has 5 rings (SSSR count). The van der Waals surface area contributed by atoms with Crippen LogP contribution in [0.1, 0.15) is 23.5 Å². The average Bonchev–Trinajstić information content (AvgIpc) is 3.39. The van der Waals surface area contributed by atoms with E-state index in [2.05, 4.69) is 26.2 Å². The highest BCUT2D eigenvalue weighted by molar-refractivity contribution is 9.10. The Morgan fingerprint density at radius 1 is 0.969 bits per heavy atom. The Bertz CT molecular complexity index is 1280. The first-order chi connectivity index (χ1) is 15.5. The lowest BCUT2D eigenvalue weighted by molar-refractivity contribution is 0.439. The smallest absolute Gasteiger partial charge is 0.174 e. The molecule has 1 N–H and O–H groups in total. The van der Waals surface area contributed by atoms with E-state index in [0.29, 0.717) is 21.1 Å². The molecule has 1 aliphatic rings. The van der Waals surface area contributed by atoms with Gasteiger partial charge in [0.2, 0.25) is 0 Å². The molecule has 1 saturated heterocycles. The van der Waals surface area contributed by atoms with Crippen LogP contribution >= 0.6 is 28.1 Å². The fraction of sp³-hybridized carbons (Fsp3) is 0.0833. The predicted octanol–water partition coefficient (Wildman–Crippen LogP) is 6.56. The molecule has 1 fully saturated rings. The minimum atomic E-state index is -0.365. The minimum absolute atomic E-state index is 0.288. The first-order valence-corrected chi connectivity index (χ1v) is 11.0. The third kappa shape index (κ3) is 3.80. The van der Waals surface area contributed by atoms with Crippen molar-refractivity contribution >= 4 is 38.9 Å². The van der Waals surface area contributed by atoms with Crippen LogP contribution in [0.2, 0.25) is 0 Å². The zero-order chi connectivity index (χ0) is 22.2. The third-order valence-electron chi connectivity index (χ3n) is 5.32. The quantitative estimate of drug-likeness (QED) is 0.314. The first kappa shape index (κ1) is 20.8. The van der Waals surface area contributed by atoms with Gasteiger partial charge in [0.05, 0.1) is 11.7 Å². The van der Waals surface area contributed by atoms with E-state index in [-0.39, 0.29) is 23.7 Å². The van der Waals surface area contributed by atoms with Gasteiger partial charge in [-0.3, -0.25) is 4.98 Å². The van der Waals surface area contributed by atoms with Crippen molar-refractivity contribution in [2.45, 2.75) is 12.1 Å². The van der Waals surface area contributed by atoms with Gasteiger partial charge >= 0.3 is 0 Å². The second-order valence-corrected chi connectivity index (χ2v) is 8.54. The summed E-state index contributed by atoms with van der Waals surface area (Å²) >= 11 is 9.05. The Morgan fingerprint density at radius 3 is 2.47 bits per heavy atom. The summed E-state index contributed by atoms with van der Waals surface area (Å²) in [5.74, 6) is 0.564. The van der Waals surface area contributed by atoms with Crippen LogP contribution in [0.5, 0.6) is 0 Å². The van der Waals surface area contributed by atoms with Crippen LogP contribution in [0.3, 0.4) is 0 Å². The van der Waals surface area contributed by atoms with E-state index in [1.807, 2.05) is 35.2 Å². The Morgan fingerprint density at radius 2 is 1.75 bits per heavy atom. The van der Waals surface area contributed by atoms with Gasteiger partial charge in [-0.05, 0) is 94.9 Å². The molecule has 0 spiro atoms. The molecule has 32 heavy (non-hydrogen) atoms. The van der Waals surface area contributed by atoms with E-state index < -0.39 is 0 Å². The molecule has 4 aromatic rings. The highest BCUT2D eigenvalue weighted by Crippen LogP contribution is 2.43. The van der Waals surface area contributed by atoms with E-state index in [9.17, 15) is 8.78 Å². The molecule has 4 nitrogen and oxygen atoms in total. The molecule has 2 aromatic heterocycles. The minimum Gasteiger partial charge on any atom is -0.459 e. The molecule has 0 saturated carbocycles. The predicted molar refractivity (Wildman–Crippen MR) is 126 cm³/mol. The third-order valence-corrected chi connectivity index (χ3v) is 6.29. The van der Waals surface area contributed by atoms with Gasteiger partial charge in [0, 0.05) is 21.9 Å². The molecular weight excluding hydrogens is 496 g/mol. The largest absolute Gasteiger partial charge is 0.459 e. The van der Waals surface area contributed by atoms with E-state index in [1.54, 1.807) is 24.4 Å². The van der Waals surface area contributed by atoms with Crippen LogP contribution in [0.15, 0.2) is 87.9 Å². The van der Waals surface area contributed by atoms with Crippen molar-refractivity contribution in [1.29, 1.82) is 0 Å². The maximum atomic E-state index is 13.6. The number of hydrogen-bond acceptors (Lipinski definition) is 3. The van der Waals surface area contributed by atoms with Gasteiger partial charge in [-0.15, -0.1) is 0 Å². The van der Waals surface area contributed by atoms with Crippen LogP contribution in [0, 0.1) is 11.6 Å². The second-order valence-electron chi connectivity index (χ2n) is 7.30. The molecule has 2 unspecified atom stereocenters. The lowest BCUT2D eigenvalue weighted by atomic mass is 10.0. The molecule has 2 atom stereocenters. The summed E-state index contributed by atoms with van der Waals surface area (Å²) in [6.07, 6.45) is 1.72. The summed E-state index contributed by atoms with van der Waals surface area (Å²) in [5, 5.41) is 3.82. The number of pyridine rings is 1. The number of nitrogens with one attached hydrogen (secondary N) is 1.